The number of benzene rings is 1. The Labute approximate surface area is 203 Å². The van der Waals surface area contributed by atoms with Crippen molar-refractivity contribution in [2.45, 2.75) is 32.5 Å². The molecule has 9 nitrogen and oxygen atoms in total. The average Bonchev–Trinajstić information content (AvgIpc) is 2.86. The number of carbonyl (C=O) groups excluding carboxylic acids is 1. The van der Waals surface area contributed by atoms with Crippen LogP contribution in [-0.4, -0.2) is 50.1 Å². The topological polar surface area (TPSA) is 116 Å². The molecule has 1 unspecified atom stereocenters. The number of rotatable bonds is 7. The Bertz CT molecular complexity index is 1340. The zero-order chi connectivity index (χ0) is 24.4. The summed E-state index contributed by atoms with van der Waals surface area (Å²) in [6.45, 7) is 5.27. The highest BCUT2D eigenvalue weighted by Gasteiger charge is 2.26. The van der Waals surface area contributed by atoms with E-state index in [0.29, 0.717) is 36.2 Å². The van der Waals surface area contributed by atoms with Crippen molar-refractivity contribution >= 4 is 22.6 Å². The molecular weight excluding hydrogens is 444 g/mol. The van der Waals surface area contributed by atoms with Gasteiger partial charge in [-0.25, -0.2) is 15.0 Å². The summed E-state index contributed by atoms with van der Waals surface area (Å²) in [5, 5.41) is 0.853. The number of ether oxygens (including phenoxy) is 2. The highest BCUT2D eigenvalue weighted by Crippen LogP contribution is 2.25. The van der Waals surface area contributed by atoms with Crippen molar-refractivity contribution in [2.75, 3.05) is 18.9 Å². The molecule has 2 N–H and O–H groups in total. The minimum atomic E-state index is -0.379. The van der Waals surface area contributed by atoms with Gasteiger partial charge >= 0.3 is 0 Å². The van der Waals surface area contributed by atoms with Crippen LogP contribution in [0.1, 0.15) is 40.4 Å². The van der Waals surface area contributed by atoms with Gasteiger partial charge in [0, 0.05) is 23.3 Å². The molecule has 4 heterocycles. The van der Waals surface area contributed by atoms with E-state index in [2.05, 4.69) is 19.9 Å². The molecule has 1 aromatic carbocycles. The largest absolute Gasteiger partial charge is 0.484 e. The summed E-state index contributed by atoms with van der Waals surface area (Å²) in [5.74, 6) is 1.55. The van der Waals surface area contributed by atoms with E-state index in [1.54, 1.807) is 35.6 Å². The van der Waals surface area contributed by atoms with Crippen LogP contribution in [0.5, 0.6) is 5.75 Å². The molecule has 1 atom stereocenters. The lowest BCUT2D eigenvalue weighted by Gasteiger charge is -2.29. The van der Waals surface area contributed by atoms with E-state index >= 15 is 0 Å². The fourth-order valence-electron chi connectivity index (χ4n) is 3.87. The minimum Gasteiger partial charge on any atom is -0.484 e. The molecule has 0 aliphatic carbocycles. The first kappa shape index (κ1) is 22.7. The number of anilines is 1. The summed E-state index contributed by atoms with van der Waals surface area (Å²) in [6, 6.07) is 12.5. The third kappa shape index (κ3) is 4.90. The summed E-state index contributed by atoms with van der Waals surface area (Å²) < 4.78 is 10.9. The molecule has 0 spiro atoms. The number of nitrogen functional groups attached to an aromatic ring is 1. The normalized spacial score (nSPS) is 14.3. The number of carbonyl (C=O) groups is 1. The van der Waals surface area contributed by atoms with Crippen LogP contribution < -0.4 is 10.5 Å². The molecule has 35 heavy (non-hydrogen) atoms. The van der Waals surface area contributed by atoms with Gasteiger partial charge < -0.3 is 20.1 Å². The van der Waals surface area contributed by atoms with Crippen LogP contribution in [0.25, 0.3) is 10.9 Å². The standard InChI is InChI=1S/C26H26N6O3/c1-16-10-19-11-18(4-7-23(19)31-24(16)27)26(33)32(17(2)25-28-8-3-9-29-25)13-20-5-6-21(12-30-20)35-22-14-34-15-22/h3-12,17,22H,13-15H2,1-2H3,(H2,27,31). The predicted molar refractivity (Wildman–Crippen MR) is 131 cm³/mol. The highest BCUT2D eigenvalue weighted by molar-refractivity contribution is 5.98. The van der Waals surface area contributed by atoms with Crippen LogP contribution in [0.15, 0.2) is 61.1 Å². The van der Waals surface area contributed by atoms with E-state index in [1.807, 2.05) is 44.2 Å². The number of hydrogen-bond donors (Lipinski definition) is 1. The molecule has 3 aromatic heterocycles. The summed E-state index contributed by atoms with van der Waals surface area (Å²) in [5.41, 5.74) is 8.82. The molecular formula is C26H26N6O3. The third-order valence-electron chi connectivity index (χ3n) is 6.02. The van der Waals surface area contributed by atoms with Crippen LogP contribution in [-0.2, 0) is 11.3 Å². The first-order valence-corrected chi connectivity index (χ1v) is 11.4. The Kier molecular flexibility index (Phi) is 6.24. The molecule has 5 rings (SSSR count). The van der Waals surface area contributed by atoms with E-state index in [4.69, 9.17) is 15.2 Å². The third-order valence-corrected chi connectivity index (χ3v) is 6.02. The summed E-state index contributed by atoms with van der Waals surface area (Å²) >= 11 is 0. The summed E-state index contributed by atoms with van der Waals surface area (Å²) in [4.78, 5) is 33.2. The number of nitrogens with two attached hydrogens (primary N) is 1. The van der Waals surface area contributed by atoms with E-state index in [9.17, 15) is 4.79 Å². The van der Waals surface area contributed by atoms with E-state index in [0.717, 1.165) is 22.2 Å². The van der Waals surface area contributed by atoms with Crippen molar-refractivity contribution in [3.05, 3.63) is 83.7 Å². The maximum atomic E-state index is 13.8. The zero-order valence-corrected chi connectivity index (χ0v) is 19.6. The minimum absolute atomic E-state index is 0.0670. The molecule has 1 aliphatic rings. The number of pyridine rings is 2. The van der Waals surface area contributed by atoms with Gasteiger partial charge in [-0.1, -0.05) is 0 Å². The second-order valence-electron chi connectivity index (χ2n) is 8.58. The Morgan fingerprint density at radius 1 is 1.17 bits per heavy atom. The predicted octanol–water partition coefficient (Wildman–Crippen LogP) is 3.49. The molecule has 9 heteroatoms. The van der Waals surface area contributed by atoms with Crippen LogP contribution in [0.2, 0.25) is 0 Å². The molecule has 0 bridgehead atoms. The Hall–Kier alpha value is -4.11. The maximum Gasteiger partial charge on any atom is 0.254 e. The summed E-state index contributed by atoms with van der Waals surface area (Å²) in [6.07, 6.45) is 5.09. The van der Waals surface area contributed by atoms with Crippen molar-refractivity contribution in [3.63, 3.8) is 0 Å². The second-order valence-corrected chi connectivity index (χ2v) is 8.58. The highest BCUT2D eigenvalue weighted by atomic mass is 16.6. The SMILES string of the molecule is Cc1cc2cc(C(=O)N(Cc3ccc(OC4COC4)cn3)C(C)c3ncccn3)ccc2nc1N. The fourth-order valence-corrected chi connectivity index (χ4v) is 3.87. The molecule has 0 saturated carbocycles. The van der Waals surface area contributed by atoms with Crippen molar-refractivity contribution in [1.29, 1.82) is 0 Å². The van der Waals surface area contributed by atoms with Gasteiger partial charge in [0.1, 0.15) is 23.5 Å². The fraction of sp³-hybridized carbons (Fsp3) is 0.269. The van der Waals surface area contributed by atoms with Gasteiger partial charge in [0.05, 0.1) is 43.2 Å². The average molecular weight is 471 g/mol. The molecule has 1 fully saturated rings. The van der Waals surface area contributed by atoms with Gasteiger partial charge in [-0.3, -0.25) is 9.78 Å². The maximum absolute atomic E-state index is 13.8. The first-order chi connectivity index (χ1) is 17.0. The van der Waals surface area contributed by atoms with Crippen LogP contribution in [0.4, 0.5) is 5.82 Å². The lowest BCUT2D eigenvalue weighted by atomic mass is 10.1. The van der Waals surface area contributed by atoms with Crippen molar-refractivity contribution in [1.82, 2.24) is 24.8 Å². The smallest absolute Gasteiger partial charge is 0.254 e. The molecule has 178 valence electrons. The van der Waals surface area contributed by atoms with E-state index in [-0.39, 0.29) is 24.6 Å². The first-order valence-electron chi connectivity index (χ1n) is 11.4. The molecule has 1 saturated heterocycles. The number of nitrogens with zero attached hydrogens (tertiary/aromatic N) is 5. The van der Waals surface area contributed by atoms with Gasteiger partial charge in [0.25, 0.3) is 5.91 Å². The number of aromatic nitrogens is 4. The van der Waals surface area contributed by atoms with Crippen molar-refractivity contribution < 1.29 is 14.3 Å². The van der Waals surface area contributed by atoms with Gasteiger partial charge in [-0.15, -0.1) is 0 Å². The number of fused-ring (bicyclic) bond motifs is 1. The molecule has 0 radical (unpaired) electrons. The number of amides is 1. The van der Waals surface area contributed by atoms with Crippen molar-refractivity contribution in [3.8, 4) is 5.75 Å². The lowest BCUT2D eigenvalue weighted by Crippen LogP contribution is -2.38. The Morgan fingerprint density at radius 3 is 2.66 bits per heavy atom. The van der Waals surface area contributed by atoms with Crippen molar-refractivity contribution in [2.24, 2.45) is 0 Å². The lowest BCUT2D eigenvalue weighted by molar-refractivity contribution is -0.0798. The Balaban J connectivity index is 1.44. The monoisotopic (exact) mass is 470 g/mol. The number of aryl methyl sites for hydroxylation is 1. The van der Waals surface area contributed by atoms with Gasteiger partial charge in [-0.05, 0) is 61.9 Å². The second kappa shape index (κ2) is 9.63. The van der Waals surface area contributed by atoms with Crippen LogP contribution in [0, 0.1) is 6.92 Å². The number of hydrogen-bond acceptors (Lipinski definition) is 8. The molecule has 1 aliphatic heterocycles. The van der Waals surface area contributed by atoms with E-state index < -0.39 is 0 Å². The van der Waals surface area contributed by atoms with Gasteiger partial charge in [0.2, 0.25) is 0 Å². The zero-order valence-electron chi connectivity index (χ0n) is 19.6. The van der Waals surface area contributed by atoms with Gasteiger partial charge in [0.15, 0.2) is 0 Å². The molecule has 1 amide bonds. The quantitative estimate of drug-likeness (QED) is 0.436. The molecule has 4 aromatic rings. The van der Waals surface area contributed by atoms with Crippen LogP contribution in [0.3, 0.4) is 0 Å². The van der Waals surface area contributed by atoms with Gasteiger partial charge in [-0.2, -0.15) is 0 Å². The van der Waals surface area contributed by atoms with Crippen LogP contribution >= 0.6 is 0 Å². The summed E-state index contributed by atoms with van der Waals surface area (Å²) in [7, 11) is 0. The Morgan fingerprint density at radius 2 is 1.97 bits per heavy atom. The van der Waals surface area contributed by atoms with E-state index in [1.165, 1.54) is 0 Å².